The first-order valence-corrected chi connectivity index (χ1v) is 8.94. The first kappa shape index (κ1) is 26.4. The summed E-state index contributed by atoms with van der Waals surface area (Å²) in [4.78, 5) is 0. The van der Waals surface area contributed by atoms with Gasteiger partial charge in [0.15, 0.2) is 0 Å². The molecule has 0 amide bonds. The summed E-state index contributed by atoms with van der Waals surface area (Å²) in [5.74, 6) is 0. The van der Waals surface area contributed by atoms with Gasteiger partial charge in [0.05, 0.1) is 45.0 Å². The molecular formula is C23H3F6N7. The Labute approximate surface area is 197 Å². The molecule has 0 spiro atoms. The van der Waals surface area contributed by atoms with Crippen molar-refractivity contribution in [3.8, 4) is 42.5 Å². The van der Waals surface area contributed by atoms with Gasteiger partial charge in [-0.2, -0.15) is 63.2 Å². The Morgan fingerprint density at radius 1 is 0.583 bits per heavy atom. The lowest BCUT2D eigenvalue weighted by Crippen LogP contribution is -2.24. The zero-order valence-corrected chi connectivity index (χ0v) is 17.1. The zero-order chi connectivity index (χ0) is 27.4. The van der Waals surface area contributed by atoms with Crippen LogP contribution >= 0.6 is 0 Å². The van der Waals surface area contributed by atoms with Crippen LogP contribution in [0.1, 0.15) is 38.9 Å². The lowest BCUT2D eigenvalue weighted by atomic mass is 9.87. The van der Waals surface area contributed by atoms with Gasteiger partial charge in [-0.1, -0.05) is 12.1 Å². The molecule has 0 N–H and O–H groups in total. The molecule has 36 heavy (non-hydrogen) atoms. The van der Waals surface area contributed by atoms with Crippen LogP contribution in [0.5, 0.6) is 0 Å². The van der Waals surface area contributed by atoms with Gasteiger partial charge in [-0.05, 0) is 6.07 Å². The predicted molar refractivity (Wildman–Crippen MR) is 104 cm³/mol. The van der Waals surface area contributed by atoms with Crippen LogP contribution in [-0.4, -0.2) is 0 Å². The van der Waals surface area contributed by atoms with Gasteiger partial charge in [0, 0.05) is 16.0 Å². The predicted octanol–water partition coefficient (Wildman–Crippen LogP) is 3.13. The molecule has 0 saturated carbocycles. The second-order valence-corrected chi connectivity index (χ2v) is 6.54. The van der Waals surface area contributed by atoms with Crippen LogP contribution in [0.2, 0.25) is 0 Å². The molecule has 0 aromatic heterocycles. The SMILES string of the molecule is N#CC(C#N)=c1cc/c(=C(\C#N)c2cc(C#N)c(C(F)(F)F)c(C(F)(F)F)c2C#N)c(C#N)c1C#N. The first-order valence-electron chi connectivity index (χ1n) is 8.94. The van der Waals surface area contributed by atoms with Crippen LogP contribution in [0.15, 0.2) is 18.2 Å². The molecule has 2 rings (SSSR count). The van der Waals surface area contributed by atoms with E-state index in [-0.39, 0.29) is 11.3 Å². The number of alkyl halides is 6. The van der Waals surface area contributed by atoms with Crippen LogP contribution in [0, 0.1) is 79.3 Å². The first-order chi connectivity index (χ1) is 16.9. The largest absolute Gasteiger partial charge is 0.418 e. The Kier molecular flexibility index (Phi) is 7.04. The summed E-state index contributed by atoms with van der Waals surface area (Å²) in [6.45, 7) is 0. The molecule has 2 aromatic rings. The molecule has 2 aromatic carbocycles. The lowest BCUT2D eigenvalue weighted by Gasteiger charge is -2.20. The van der Waals surface area contributed by atoms with E-state index in [1.165, 1.54) is 30.3 Å². The molecule has 7 nitrogen and oxygen atoms in total. The highest BCUT2D eigenvalue weighted by Gasteiger charge is 2.48. The van der Waals surface area contributed by atoms with Gasteiger partial charge in [0.1, 0.15) is 42.0 Å². The number of nitriles is 7. The van der Waals surface area contributed by atoms with Crippen LogP contribution in [0.4, 0.5) is 26.3 Å². The molecule has 0 saturated heterocycles. The number of hydrogen-bond donors (Lipinski definition) is 0. The topological polar surface area (TPSA) is 167 Å². The fourth-order valence-corrected chi connectivity index (χ4v) is 3.32. The van der Waals surface area contributed by atoms with Gasteiger partial charge in [0.2, 0.25) is 0 Å². The highest BCUT2D eigenvalue weighted by Crippen LogP contribution is 2.45. The molecule has 0 bridgehead atoms. The van der Waals surface area contributed by atoms with Crippen molar-refractivity contribution in [3.63, 3.8) is 0 Å². The maximum absolute atomic E-state index is 13.8. The number of rotatable bonds is 1. The average Bonchev–Trinajstić information content (AvgIpc) is 2.83. The highest BCUT2D eigenvalue weighted by molar-refractivity contribution is 5.84. The van der Waals surface area contributed by atoms with E-state index in [2.05, 4.69) is 0 Å². The molecule has 0 aliphatic rings. The molecule has 0 aliphatic carbocycles. The Hall–Kier alpha value is -5.81. The minimum absolute atomic E-state index is 0.262. The van der Waals surface area contributed by atoms with Gasteiger partial charge in [-0.25, -0.2) is 0 Å². The summed E-state index contributed by atoms with van der Waals surface area (Å²) in [6.07, 6.45) is -11.5. The molecule has 0 radical (unpaired) electrons. The van der Waals surface area contributed by atoms with E-state index < -0.39 is 67.7 Å². The third-order valence-electron chi connectivity index (χ3n) is 4.70. The summed E-state index contributed by atoms with van der Waals surface area (Å²) < 4.78 is 81.8. The molecule has 0 heterocycles. The van der Waals surface area contributed by atoms with Crippen molar-refractivity contribution in [2.75, 3.05) is 0 Å². The van der Waals surface area contributed by atoms with Crippen LogP contribution in [0.25, 0.3) is 11.1 Å². The fourth-order valence-electron chi connectivity index (χ4n) is 3.32. The van der Waals surface area contributed by atoms with E-state index >= 15 is 0 Å². The van der Waals surface area contributed by atoms with Crippen LogP contribution < -0.4 is 10.4 Å². The summed E-state index contributed by atoms with van der Waals surface area (Å²) in [5.41, 5.74) is -12.0. The van der Waals surface area contributed by atoms with Gasteiger partial charge >= 0.3 is 12.4 Å². The van der Waals surface area contributed by atoms with Crippen molar-refractivity contribution in [1.29, 1.82) is 36.8 Å². The van der Waals surface area contributed by atoms with Crippen LogP contribution in [0.3, 0.4) is 0 Å². The molecule has 0 aliphatic heterocycles. The quantitative estimate of drug-likeness (QED) is 0.552. The number of benzene rings is 2. The molecule has 0 fully saturated rings. The standard InChI is InChI=1S/C23H3F6N7/c24-22(25,26)20-11(4-30)3-15(19(10-36)21(20)23(27,28)29)17(8-34)14-2-1-13(12(5-31)6-32)16(7-33)18(14)9-35/h1-3H/b17-14-. The van der Waals surface area contributed by atoms with Gasteiger partial charge in [-0.15, -0.1) is 0 Å². The Morgan fingerprint density at radius 3 is 1.44 bits per heavy atom. The smallest absolute Gasteiger partial charge is 0.192 e. The Bertz CT molecular complexity index is 1720. The molecule has 0 atom stereocenters. The molecule has 0 unspecified atom stereocenters. The second kappa shape index (κ2) is 9.59. The lowest BCUT2D eigenvalue weighted by molar-refractivity contribution is -0.162. The third-order valence-corrected chi connectivity index (χ3v) is 4.70. The van der Waals surface area contributed by atoms with Gasteiger partial charge < -0.3 is 0 Å². The van der Waals surface area contributed by atoms with E-state index in [9.17, 15) is 47.4 Å². The van der Waals surface area contributed by atoms with E-state index in [0.717, 1.165) is 24.3 Å². The Balaban J connectivity index is 3.40. The van der Waals surface area contributed by atoms with E-state index in [0.29, 0.717) is 0 Å². The number of nitrogens with zero attached hydrogens (tertiary/aromatic N) is 7. The van der Waals surface area contributed by atoms with Crippen molar-refractivity contribution < 1.29 is 26.3 Å². The van der Waals surface area contributed by atoms with Gasteiger partial charge in [0.25, 0.3) is 0 Å². The maximum atomic E-state index is 13.8. The summed E-state index contributed by atoms with van der Waals surface area (Å²) >= 11 is 0. The zero-order valence-electron chi connectivity index (χ0n) is 17.1. The molecule has 172 valence electrons. The fraction of sp³-hybridized carbons (Fsp3) is 0.0870. The van der Waals surface area contributed by atoms with Crippen molar-refractivity contribution in [2.24, 2.45) is 0 Å². The van der Waals surface area contributed by atoms with Crippen molar-refractivity contribution >= 4 is 11.1 Å². The molecule has 13 heteroatoms. The Morgan fingerprint density at radius 2 is 1.06 bits per heavy atom. The monoisotopic (exact) mass is 491 g/mol. The van der Waals surface area contributed by atoms with Crippen molar-refractivity contribution in [2.45, 2.75) is 12.4 Å². The number of halogens is 6. The third kappa shape index (κ3) is 4.35. The summed E-state index contributed by atoms with van der Waals surface area (Å²) in [7, 11) is 0. The minimum atomic E-state index is -5.79. The second-order valence-electron chi connectivity index (χ2n) is 6.54. The normalized spacial score (nSPS) is 11.3. The molecular weight excluding hydrogens is 488 g/mol. The van der Waals surface area contributed by atoms with E-state index in [1.807, 2.05) is 0 Å². The van der Waals surface area contributed by atoms with Crippen molar-refractivity contribution in [3.05, 3.63) is 67.6 Å². The summed E-state index contributed by atoms with van der Waals surface area (Å²) in [5, 5.41) is 64.6. The van der Waals surface area contributed by atoms with E-state index in [1.54, 1.807) is 0 Å². The van der Waals surface area contributed by atoms with Crippen LogP contribution in [-0.2, 0) is 12.4 Å². The average molecular weight is 491 g/mol. The highest BCUT2D eigenvalue weighted by atomic mass is 19.4. The van der Waals surface area contributed by atoms with E-state index in [4.69, 9.17) is 15.8 Å². The van der Waals surface area contributed by atoms with Crippen molar-refractivity contribution in [1.82, 2.24) is 0 Å². The maximum Gasteiger partial charge on any atom is 0.418 e. The number of hydrogen-bond acceptors (Lipinski definition) is 7. The van der Waals surface area contributed by atoms with Gasteiger partial charge in [-0.3, -0.25) is 0 Å². The summed E-state index contributed by atoms with van der Waals surface area (Å²) in [6, 6.07) is 11.5. The minimum Gasteiger partial charge on any atom is -0.192 e.